The van der Waals surface area contributed by atoms with Gasteiger partial charge in [0.2, 0.25) is 0 Å². The molecule has 0 aliphatic carbocycles. The smallest absolute Gasteiger partial charge is 0.325 e. The summed E-state index contributed by atoms with van der Waals surface area (Å²) >= 11 is 5.14. The topological polar surface area (TPSA) is 80.7 Å². The Balaban J connectivity index is 1.79. The number of aromatic nitrogens is 1. The van der Waals surface area contributed by atoms with Gasteiger partial charge in [0.25, 0.3) is 0 Å². The molecule has 0 saturated carbocycles. The molecule has 0 amide bonds. The van der Waals surface area contributed by atoms with Gasteiger partial charge in [-0.1, -0.05) is 24.4 Å². The second kappa shape index (κ2) is 11.1. The summed E-state index contributed by atoms with van der Waals surface area (Å²) in [7, 11) is 1.35. The Kier molecular flexibility index (Phi) is 8.23. The van der Waals surface area contributed by atoms with Gasteiger partial charge in [-0.05, 0) is 30.2 Å². The van der Waals surface area contributed by atoms with E-state index in [4.69, 9.17) is 21.7 Å². The molecule has 3 rings (SSSR count). The number of halogens is 4. The van der Waals surface area contributed by atoms with E-state index in [9.17, 15) is 27.5 Å². The van der Waals surface area contributed by atoms with Crippen molar-refractivity contribution in [2.24, 2.45) is 0 Å². The molecule has 35 heavy (non-hydrogen) atoms. The Morgan fingerprint density at radius 1 is 1.06 bits per heavy atom. The first-order valence-electron chi connectivity index (χ1n) is 10.2. The number of methoxy groups -OCH3 is 1. The average Bonchev–Trinajstić information content (AvgIpc) is 2.80. The Labute approximate surface area is 203 Å². The van der Waals surface area contributed by atoms with E-state index in [2.05, 4.69) is 10.3 Å². The summed E-state index contributed by atoms with van der Waals surface area (Å²) in [5.74, 6) is -5.93. The number of hydrogen-bond donors (Lipinski definition) is 2. The van der Waals surface area contributed by atoms with Crippen molar-refractivity contribution in [1.82, 2.24) is 10.3 Å². The fourth-order valence-electron chi connectivity index (χ4n) is 3.50. The zero-order valence-corrected chi connectivity index (χ0v) is 19.3. The van der Waals surface area contributed by atoms with E-state index in [1.165, 1.54) is 26.3 Å². The van der Waals surface area contributed by atoms with Crippen molar-refractivity contribution in [3.8, 4) is 11.5 Å². The summed E-state index contributed by atoms with van der Waals surface area (Å²) in [4.78, 5) is 16.3. The fourth-order valence-corrected chi connectivity index (χ4v) is 3.72. The third kappa shape index (κ3) is 6.04. The molecule has 11 heteroatoms. The Bertz CT molecular complexity index is 1210. The lowest BCUT2D eigenvalue weighted by Crippen LogP contribution is -2.34. The molecule has 0 fully saturated rings. The summed E-state index contributed by atoms with van der Waals surface area (Å²) in [5, 5.41) is 12.7. The van der Waals surface area contributed by atoms with Crippen LogP contribution < -0.4 is 10.1 Å². The van der Waals surface area contributed by atoms with Gasteiger partial charge in [0.1, 0.15) is 46.6 Å². The van der Waals surface area contributed by atoms with Crippen LogP contribution >= 0.6 is 12.2 Å². The van der Waals surface area contributed by atoms with Crippen molar-refractivity contribution in [2.75, 3.05) is 13.7 Å². The number of benzene rings is 2. The maximum atomic E-state index is 14.6. The minimum Gasteiger partial charge on any atom is -0.503 e. The zero-order chi connectivity index (χ0) is 25.7. The van der Waals surface area contributed by atoms with Crippen molar-refractivity contribution in [1.29, 1.82) is 0 Å². The molecule has 0 saturated heterocycles. The van der Waals surface area contributed by atoms with Crippen LogP contribution in [-0.4, -0.2) is 40.8 Å². The number of carbonyl (C=O) groups excluding carboxylic acids is 1. The lowest BCUT2D eigenvalue weighted by Gasteiger charge is -2.26. The Hall–Kier alpha value is -3.73. The minimum atomic E-state index is -1.21. The van der Waals surface area contributed by atoms with Crippen molar-refractivity contribution in [2.45, 2.75) is 18.9 Å². The molecule has 0 aliphatic heterocycles. The Morgan fingerprint density at radius 3 is 2.14 bits per heavy atom. The predicted molar refractivity (Wildman–Crippen MR) is 122 cm³/mol. The molecule has 1 aromatic heterocycles. The van der Waals surface area contributed by atoms with Gasteiger partial charge in [-0.2, -0.15) is 0 Å². The molecule has 3 aromatic rings. The SMILES string of the molecule is COc1ccnc(C(=S)NCC(=O)OC(C)C(c2ccc(F)cc2F)c2ccc(F)cc2F)c1O. The van der Waals surface area contributed by atoms with Crippen LogP contribution in [0.15, 0.2) is 48.7 Å². The van der Waals surface area contributed by atoms with E-state index in [-0.39, 0.29) is 33.3 Å². The van der Waals surface area contributed by atoms with Crippen LogP contribution in [-0.2, 0) is 9.53 Å². The van der Waals surface area contributed by atoms with Gasteiger partial charge in [-0.25, -0.2) is 22.5 Å². The molecule has 6 nitrogen and oxygen atoms in total. The zero-order valence-electron chi connectivity index (χ0n) is 18.5. The number of pyridine rings is 1. The van der Waals surface area contributed by atoms with E-state index < -0.39 is 47.8 Å². The largest absolute Gasteiger partial charge is 0.503 e. The van der Waals surface area contributed by atoms with Crippen LogP contribution in [0.4, 0.5) is 17.6 Å². The van der Waals surface area contributed by atoms with Crippen LogP contribution in [0.25, 0.3) is 0 Å². The molecule has 0 aliphatic rings. The quantitative estimate of drug-likeness (QED) is 0.266. The third-order valence-electron chi connectivity index (χ3n) is 5.10. The highest BCUT2D eigenvalue weighted by molar-refractivity contribution is 7.80. The molecule has 0 bridgehead atoms. The van der Waals surface area contributed by atoms with Crippen molar-refractivity contribution in [3.63, 3.8) is 0 Å². The van der Waals surface area contributed by atoms with E-state index in [0.29, 0.717) is 12.1 Å². The number of carbonyl (C=O) groups is 1. The second-order valence-electron chi connectivity index (χ2n) is 7.40. The van der Waals surface area contributed by atoms with Crippen molar-refractivity contribution in [3.05, 3.63) is 88.8 Å². The summed E-state index contributed by atoms with van der Waals surface area (Å²) < 4.78 is 66.4. The standard InChI is InChI=1S/C24H20F4N2O4S/c1-12(34-20(31)11-30-24(35)22-23(32)19(33-2)7-8-29-22)21(15-5-3-13(25)9-17(15)27)16-6-4-14(26)10-18(16)28/h3-10,12,21,32H,11H2,1-2H3,(H,30,35). The monoisotopic (exact) mass is 508 g/mol. The molecule has 2 aromatic carbocycles. The van der Waals surface area contributed by atoms with Gasteiger partial charge >= 0.3 is 5.97 Å². The minimum absolute atomic E-state index is 0.0279. The predicted octanol–water partition coefficient (Wildman–Crippen LogP) is 4.38. The molecule has 1 atom stereocenters. The van der Waals surface area contributed by atoms with Gasteiger partial charge < -0.3 is 19.9 Å². The first-order valence-corrected chi connectivity index (χ1v) is 10.6. The number of thiocarbonyl (C=S) groups is 1. The third-order valence-corrected chi connectivity index (χ3v) is 5.44. The van der Waals surface area contributed by atoms with Crippen LogP contribution in [0.1, 0.15) is 29.7 Å². The molecule has 0 radical (unpaired) electrons. The molecular formula is C24H20F4N2O4S. The van der Waals surface area contributed by atoms with Crippen LogP contribution in [0.5, 0.6) is 11.5 Å². The molecule has 1 unspecified atom stereocenters. The second-order valence-corrected chi connectivity index (χ2v) is 7.81. The van der Waals surface area contributed by atoms with E-state index in [1.54, 1.807) is 0 Å². The molecule has 2 N–H and O–H groups in total. The van der Waals surface area contributed by atoms with Crippen LogP contribution in [0, 0.1) is 23.3 Å². The summed E-state index contributed by atoms with van der Waals surface area (Å²) in [6, 6.07) is 6.82. The van der Waals surface area contributed by atoms with Crippen LogP contribution in [0.2, 0.25) is 0 Å². The first kappa shape index (κ1) is 25.9. The number of nitrogens with one attached hydrogen (secondary N) is 1. The molecular weight excluding hydrogens is 488 g/mol. The Morgan fingerprint density at radius 2 is 1.63 bits per heavy atom. The molecule has 184 valence electrons. The molecule has 1 heterocycles. The normalized spacial score (nSPS) is 11.7. The van der Waals surface area contributed by atoms with Gasteiger partial charge in [0, 0.05) is 24.4 Å². The van der Waals surface area contributed by atoms with Gasteiger partial charge in [-0.3, -0.25) is 4.79 Å². The van der Waals surface area contributed by atoms with Gasteiger partial charge in [-0.15, -0.1) is 0 Å². The number of rotatable bonds is 8. The highest BCUT2D eigenvalue weighted by Crippen LogP contribution is 2.34. The number of ether oxygens (including phenoxy) is 2. The highest BCUT2D eigenvalue weighted by atomic mass is 32.1. The molecule has 0 spiro atoms. The number of nitrogens with zero attached hydrogens (tertiary/aromatic N) is 1. The van der Waals surface area contributed by atoms with E-state index in [0.717, 1.165) is 24.3 Å². The fraction of sp³-hybridized carbons (Fsp3) is 0.208. The van der Waals surface area contributed by atoms with E-state index in [1.807, 2.05) is 0 Å². The maximum absolute atomic E-state index is 14.6. The van der Waals surface area contributed by atoms with Crippen molar-refractivity contribution < 1.29 is 36.9 Å². The lowest BCUT2D eigenvalue weighted by molar-refractivity contribution is -0.147. The lowest BCUT2D eigenvalue weighted by atomic mass is 9.86. The summed E-state index contributed by atoms with van der Waals surface area (Å²) in [5.41, 5.74) is -0.322. The maximum Gasteiger partial charge on any atom is 0.325 e. The summed E-state index contributed by atoms with van der Waals surface area (Å²) in [6.07, 6.45) is 0.197. The first-order chi connectivity index (χ1) is 16.6. The van der Waals surface area contributed by atoms with Crippen LogP contribution in [0.3, 0.4) is 0 Å². The van der Waals surface area contributed by atoms with Gasteiger partial charge in [0.15, 0.2) is 11.5 Å². The summed E-state index contributed by atoms with van der Waals surface area (Å²) in [6.45, 7) is 0.925. The number of hydrogen-bond acceptors (Lipinski definition) is 6. The number of aromatic hydroxyl groups is 1. The van der Waals surface area contributed by atoms with E-state index >= 15 is 0 Å². The number of esters is 1. The van der Waals surface area contributed by atoms with Crippen molar-refractivity contribution >= 4 is 23.2 Å². The average molecular weight is 508 g/mol. The highest BCUT2D eigenvalue weighted by Gasteiger charge is 2.30. The van der Waals surface area contributed by atoms with Gasteiger partial charge in [0.05, 0.1) is 13.0 Å².